The van der Waals surface area contributed by atoms with Crippen molar-refractivity contribution in [3.8, 4) is 0 Å². The van der Waals surface area contributed by atoms with Crippen LogP contribution in [0.3, 0.4) is 0 Å². The summed E-state index contributed by atoms with van der Waals surface area (Å²) in [4.78, 5) is 14.5. The van der Waals surface area contributed by atoms with Crippen LogP contribution < -0.4 is 0 Å². The number of rotatable bonds is 1. The molecule has 1 rings (SSSR count). The third-order valence-electron chi connectivity index (χ3n) is 1.08. The average molecular weight is 165 g/mol. The molecule has 12 heavy (non-hydrogen) atoms. The number of hydrogen-bond acceptors (Lipinski definition) is 5. The molecule has 5 nitrogen and oxygen atoms in total. The van der Waals surface area contributed by atoms with Crippen LogP contribution in [0.25, 0.3) is 0 Å². The number of carbonyl (C=O) groups excluding carboxylic acids is 1. The first-order chi connectivity index (χ1) is 5.84. The summed E-state index contributed by atoms with van der Waals surface area (Å²) in [6, 6.07) is 3.34. The Hall–Kier alpha value is -1.96. The Morgan fingerprint density at radius 3 is 2.67 bits per heavy atom. The standard InChI is InChI=1S/C7H7NO2.N2/c1-10-7(9)6-3-2-4-8-5-6;1-2/h2-5H,1H3;. The fourth-order valence-electron chi connectivity index (χ4n) is 0.601. The molecule has 1 aromatic rings. The molecular weight excluding hydrogens is 158 g/mol. The van der Waals surface area contributed by atoms with Crippen molar-refractivity contribution in [1.82, 2.24) is 4.98 Å². The van der Waals surface area contributed by atoms with Gasteiger partial charge >= 0.3 is 5.97 Å². The first-order valence-corrected chi connectivity index (χ1v) is 3.03. The van der Waals surface area contributed by atoms with E-state index in [4.69, 9.17) is 10.8 Å². The van der Waals surface area contributed by atoms with Crippen LogP contribution in [0.1, 0.15) is 10.4 Å². The molecule has 0 unspecified atom stereocenters. The van der Waals surface area contributed by atoms with Crippen molar-refractivity contribution in [2.75, 3.05) is 7.11 Å². The Bertz CT molecular complexity index is 258. The van der Waals surface area contributed by atoms with Gasteiger partial charge in [-0.15, -0.1) is 0 Å². The summed E-state index contributed by atoms with van der Waals surface area (Å²) in [7, 11) is 1.34. The number of ether oxygens (including phenoxy) is 1. The molecule has 0 N–H and O–H groups in total. The molecule has 1 aromatic heterocycles. The minimum absolute atomic E-state index is 0.354. The number of carbonyl (C=O) groups is 1. The highest BCUT2D eigenvalue weighted by Gasteiger charge is 2.01. The maximum atomic E-state index is 10.8. The van der Waals surface area contributed by atoms with Gasteiger partial charge in [0.15, 0.2) is 0 Å². The maximum Gasteiger partial charge on any atom is 0.339 e. The molecule has 0 aliphatic rings. The van der Waals surface area contributed by atoms with Crippen LogP contribution in [-0.2, 0) is 4.74 Å². The van der Waals surface area contributed by atoms with Gasteiger partial charge in [0.2, 0.25) is 0 Å². The van der Waals surface area contributed by atoms with Crippen LogP contribution in [0.4, 0.5) is 0 Å². The molecule has 0 bridgehead atoms. The van der Waals surface area contributed by atoms with Crippen molar-refractivity contribution < 1.29 is 9.53 Å². The minimum Gasteiger partial charge on any atom is -0.465 e. The second-order valence-electron chi connectivity index (χ2n) is 1.73. The van der Waals surface area contributed by atoms with Crippen LogP contribution in [0.2, 0.25) is 0 Å². The minimum atomic E-state index is -0.354. The van der Waals surface area contributed by atoms with E-state index >= 15 is 0 Å². The van der Waals surface area contributed by atoms with Gasteiger partial charge < -0.3 is 4.74 Å². The largest absolute Gasteiger partial charge is 0.465 e. The monoisotopic (exact) mass is 165 g/mol. The van der Waals surface area contributed by atoms with Gasteiger partial charge in [0.25, 0.3) is 0 Å². The highest BCUT2D eigenvalue weighted by Crippen LogP contribution is 1.96. The third-order valence-corrected chi connectivity index (χ3v) is 1.08. The molecule has 62 valence electrons. The molecule has 0 saturated heterocycles. The van der Waals surface area contributed by atoms with E-state index in [1.165, 1.54) is 13.3 Å². The zero-order chi connectivity index (χ0) is 9.40. The topological polar surface area (TPSA) is 86.8 Å². The molecule has 1 heterocycles. The molecular formula is C7H7N3O2. The highest BCUT2D eigenvalue weighted by atomic mass is 16.5. The predicted octanol–water partition coefficient (Wildman–Crippen LogP) is 0.898. The molecule has 0 amide bonds. The number of aromatic nitrogens is 1. The summed E-state index contributed by atoms with van der Waals surface area (Å²) in [6.45, 7) is 0. The molecule has 0 saturated carbocycles. The smallest absolute Gasteiger partial charge is 0.339 e. The molecule has 0 spiro atoms. The van der Waals surface area contributed by atoms with Crippen molar-refractivity contribution in [3.05, 3.63) is 30.1 Å². The van der Waals surface area contributed by atoms with Crippen molar-refractivity contribution in [2.45, 2.75) is 0 Å². The second kappa shape index (κ2) is 5.80. The Kier molecular flexibility index (Phi) is 4.85. The van der Waals surface area contributed by atoms with E-state index in [0.717, 1.165) is 0 Å². The number of hydrogen-bond donors (Lipinski definition) is 0. The Morgan fingerprint density at radius 1 is 1.58 bits per heavy atom. The first-order valence-electron chi connectivity index (χ1n) is 3.03. The summed E-state index contributed by atoms with van der Waals surface area (Å²) in [6.07, 6.45) is 3.07. The third kappa shape index (κ3) is 2.75. The SMILES string of the molecule is COC(=O)c1cccnc1.N#N. The van der Waals surface area contributed by atoms with Crippen molar-refractivity contribution >= 4 is 5.97 Å². The summed E-state index contributed by atoms with van der Waals surface area (Å²) in [5.74, 6) is -0.354. The summed E-state index contributed by atoms with van der Waals surface area (Å²) < 4.78 is 4.46. The van der Waals surface area contributed by atoms with E-state index < -0.39 is 0 Å². The van der Waals surface area contributed by atoms with Gasteiger partial charge in [-0.3, -0.25) is 4.98 Å². The number of methoxy groups -OCH3 is 1. The molecule has 0 radical (unpaired) electrons. The fourth-order valence-corrected chi connectivity index (χ4v) is 0.601. The quantitative estimate of drug-likeness (QED) is 0.455. The van der Waals surface area contributed by atoms with Gasteiger partial charge in [0, 0.05) is 23.2 Å². The van der Waals surface area contributed by atoms with E-state index in [1.807, 2.05) is 0 Å². The predicted molar refractivity (Wildman–Crippen MR) is 39.0 cm³/mol. The van der Waals surface area contributed by atoms with Crippen molar-refractivity contribution in [3.63, 3.8) is 0 Å². The average Bonchev–Trinajstić information content (AvgIpc) is 2.21. The van der Waals surface area contributed by atoms with Gasteiger partial charge in [0.05, 0.1) is 12.7 Å². The molecule has 0 aliphatic carbocycles. The fraction of sp³-hybridized carbons (Fsp3) is 0.143. The van der Waals surface area contributed by atoms with E-state index in [9.17, 15) is 4.79 Å². The summed E-state index contributed by atoms with van der Waals surface area (Å²) in [5.41, 5.74) is 0.477. The Labute approximate surface area is 69.4 Å². The summed E-state index contributed by atoms with van der Waals surface area (Å²) in [5, 5.41) is 12.0. The van der Waals surface area contributed by atoms with E-state index in [-0.39, 0.29) is 5.97 Å². The number of nitrogens with zero attached hydrogens (tertiary/aromatic N) is 3. The van der Waals surface area contributed by atoms with Gasteiger partial charge in [-0.1, -0.05) is 0 Å². The van der Waals surface area contributed by atoms with E-state index in [0.29, 0.717) is 5.56 Å². The van der Waals surface area contributed by atoms with Crippen molar-refractivity contribution in [1.29, 1.82) is 10.8 Å². The van der Waals surface area contributed by atoms with Crippen LogP contribution in [-0.4, -0.2) is 18.1 Å². The molecule has 0 atom stereocenters. The van der Waals surface area contributed by atoms with Gasteiger partial charge in [0.1, 0.15) is 0 Å². The van der Waals surface area contributed by atoms with Crippen LogP contribution in [0, 0.1) is 10.8 Å². The van der Waals surface area contributed by atoms with E-state index in [1.54, 1.807) is 18.3 Å². The Balaban J connectivity index is 0.000000561. The maximum absolute atomic E-state index is 10.8. The number of pyridine rings is 1. The normalized spacial score (nSPS) is 7.58. The molecule has 5 heteroatoms. The zero-order valence-electron chi connectivity index (χ0n) is 6.47. The van der Waals surface area contributed by atoms with Crippen LogP contribution in [0.15, 0.2) is 24.5 Å². The highest BCUT2D eigenvalue weighted by molar-refractivity contribution is 5.88. The lowest BCUT2D eigenvalue weighted by Crippen LogP contribution is -2.00. The van der Waals surface area contributed by atoms with Gasteiger partial charge in [-0.05, 0) is 12.1 Å². The number of esters is 1. The molecule has 0 fully saturated rings. The lowest BCUT2D eigenvalue weighted by Gasteiger charge is -1.94. The lowest BCUT2D eigenvalue weighted by atomic mass is 10.3. The van der Waals surface area contributed by atoms with Crippen LogP contribution >= 0.6 is 0 Å². The first kappa shape index (κ1) is 10.0. The lowest BCUT2D eigenvalue weighted by molar-refractivity contribution is 0.0600. The Morgan fingerprint density at radius 2 is 2.25 bits per heavy atom. The van der Waals surface area contributed by atoms with Gasteiger partial charge in [-0.25, -0.2) is 4.79 Å². The van der Waals surface area contributed by atoms with Crippen molar-refractivity contribution in [2.24, 2.45) is 0 Å². The summed E-state index contributed by atoms with van der Waals surface area (Å²) >= 11 is 0. The second-order valence-corrected chi connectivity index (χ2v) is 1.73. The van der Waals surface area contributed by atoms with Gasteiger partial charge in [-0.2, -0.15) is 0 Å². The molecule has 0 aliphatic heterocycles. The van der Waals surface area contributed by atoms with Crippen LogP contribution in [0.5, 0.6) is 0 Å². The van der Waals surface area contributed by atoms with E-state index in [2.05, 4.69) is 9.72 Å². The molecule has 0 aromatic carbocycles. The zero-order valence-corrected chi connectivity index (χ0v) is 6.47.